The lowest BCUT2D eigenvalue weighted by Gasteiger charge is -2.36. The number of thiazole rings is 1. The van der Waals surface area contributed by atoms with Crippen molar-refractivity contribution in [1.29, 1.82) is 0 Å². The minimum absolute atomic E-state index is 0.0933. The van der Waals surface area contributed by atoms with Gasteiger partial charge in [0.1, 0.15) is 4.83 Å². The van der Waals surface area contributed by atoms with Gasteiger partial charge in [-0.25, -0.2) is 4.98 Å². The number of para-hydroxylation sites is 1. The zero-order valence-electron chi connectivity index (χ0n) is 13.8. The number of carbonyl (C=O) groups is 1. The molecular weight excluding hydrogens is 388 g/mol. The van der Waals surface area contributed by atoms with E-state index < -0.39 is 0 Å². The molecule has 8 heteroatoms. The monoisotopic (exact) mass is 402 g/mol. The number of fused-ring (bicyclic) bond motifs is 3. The van der Waals surface area contributed by atoms with Crippen LogP contribution in [0.2, 0.25) is 5.02 Å². The highest BCUT2D eigenvalue weighted by molar-refractivity contribution is 7.21. The second kappa shape index (κ2) is 6.26. The number of amides is 1. The molecule has 4 heterocycles. The van der Waals surface area contributed by atoms with Crippen molar-refractivity contribution in [2.45, 2.75) is 0 Å². The number of nitrogens with zero attached hydrogens (tertiary/aromatic N) is 4. The van der Waals surface area contributed by atoms with Gasteiger partial charge in [0.25, 0.3) is 5.91 Å². The number of rotatable bonds is 2. The largest absolute Gasteiger partial charge is 0.367 e. The summed E-state index contributed by atoms with van der Waals surface area (Å²) in [5.41, 5.74) is 2.06. The summed E-state index contributed by atoms with van der Waals surface area (Å²) in [6.07, 6.45) is 2.00. The van der Waals surface area contributed by atoms with Gasteiger partial charge in [0.2, 0.25) is 0 Å². The molecule has 0 atom stereocenters. The molecule has 1 aromatic carbocycles. The predicted octanol–water partition coefficient (Wildman–Crippen LogP) is 4.23. The topological polar surface area (TPSA) is 40.9 Å². The van der Waals surface area contributed by atoms with Gasteiger partial charge in [0, 0.05) is 37.8 Å². The van der Waals surface area contributed by atoms with Gasteiger partial charge < -0.3 is 9.80 Å². The Balaban J connectivity index is 1.34. The highest BCUT2D eigenvalue weighted by atomic mass is 35.5. The van der Waals surface area contributed by atoms with Gasteiger partial charge in [0.05, 0.1) is 21.1 Å². The van der Waals surface area contributed by atoms with Gasteiger partial charge in [-0.2, -0.15) is 0 Å². The number of anilines is 1. The Hall–Kier alpha value is -2.09. The molecule has 1 fully saturated rings. The van der Waals surface area contributed by atoms with Crippen molar-refractivity contribution in [2.75, 3.05) is 31.1 Å². The van der Waals surface area contributed by atoms with E-state index in [1.165, 1.54) is 11.3 Å². The van der Waals surface area contributed by atoms with E-state index in [9.17, 15) is 4.79 Å². The van der Waals surface area contributed by atoms with Crippen molar-refractivity contribution < 1.29 is 4.79 Å². The number of aromatic nitrogens is 2. The average molecular weight is 403 g/mol. The minimum atomic E-state index is 0.0933. The Morgan fingerprint density at radius 1 is 1.15 bits per heavy atom. The SMILES string of the molecule is O=C(c1cc2c(nc3sccn32)s1)N1CCN(c2ccccc2Cl)CC1. The van der Waals surface area contributed by atoms with Crippen LogP contribution in [-0.4, -0.2) is 46.4 Å². The van der Waals surface area contributed by atoms with Gasteiger partial charge in [-0.1, -0.05) is 23.7 Å². The maximum absolute atomic E-state index is 12.9. The molecule has 5 nitrogen and oxygen atoms in total. The Morgan fingerprint density at radius 2 is 1.96 bits per heavy atom. The number of hydrogen-bond donors (Lipinski definition) is 0. The number of piperazine rings is 1. The van der Waals surface area contributed by atoms with E-state index in [0.717, 1.165) is 44.0 Å². The highest BCUT2D eigenvalue weighted by Crippen LogP contribution is 2.30. The molecule has 4 aromatic rings. The second-order valence-electron chi connectivity index (χ2n) is 6.20. The fraction of sp³-hybridized carbons (Fsp3) is 0.222. The lowest BCUT2D eigenvalue weighted by atomic mass is 10.2. The van der Waals surface area contributed by atoms with E-state index >= 15 is 0 Å². The van der Waals surface area contributed by atoms with Crippen LogP contribution < -0.4 is 4.90 Å². The summed E-state index contributed by atoms with van der Waals surface area (Å²) in [6.45, 7) is 2.96. The molecule has 0 unspecified atom stereocenters. The fourth-order valence-corrected chi connectivity index (χ4v) is 5.39. The van der Waals surface area contributed by atoms with E-state index in [-0.39, 0.29) is 5.91 Å². The number of halogens is 1. The van der Waals surface area contributed by atoms with E-state index in [0.29, 0.717) is 13.1 Å². The number of carbonyl (C=O) groups excluding carboxylic acids is 1. The third-order valence-electron chi connectivity index (χ3n) is 4.71. The summed E-state index contributed by atoms with van der Waals surface area (Å²) in [7, 11) is 0. The predicted molar refractivity (Wildman–Crippen MR) is 108 cm³/mol. The lowest BCUT2D eigenvalue weighted by Crippen LogP contribution is -2.48. The van der Waals surface area contributed by atoms with E-state index in [1.807, 2.05) is 51.2 Å². The first-order chi connectivity index (χ1) is 12.7. The highest BCUT2D eigenvalue weighted by Gasteiger charge is 2.25. The zero-order chi connectivity index (χ0) is 17.7. The molecule has 0 N–H and O–H groups in total. The van der Waals surface area contributed by atoms with Crippen LogP contribution in [0.4, 0.5) is 5.69 Å². The van der Waals surface area contributed by atoms with Crippen molar-refractivity contribution >= 4 is 61.2 Å². The summed E-state index contributed by atoms with van der Waals surface area (Å²) in [5, 5.41) is 2.77. The van der Waals surface area contributed by atoms with Gasteiger partial charge in [-0.3, -0.25) is 9.20 Å². The molecule has 0 radical (unpaired) electrons. The van der Waals surface area contributed by atoms with E-state index in [2.05, 4.69) is 9.88 Å². The summed E-state index contributed by atoms with van der Waals surface area (Å²) in [4.78, 5) is 24.3. The molecule has 0 spiro atoms. The molecule has 1 saturated heterocycles. The number of benzene rings is 1. The summed E-state index contributed by atoms with van der Waals surface area (Å²) < 4.78 is 2.04. The molecule has 5 rings (SSSR count). The maximum Gasteiger partial charge on any atom is 0.264 e. The first-order valence-corrected chi connectivity index (χ1v) is 10.4. The first kappa shape index (κ1) is 16.1. The van der Waals surface area contributed by atoms with Gasteiger partial charge in [-0.05, 0) is 18.2 Å². The number of thiophene rings is 1. The third kappa shape index (κ3) is 2.58. The Labute approximate surface area is 163 Å². The van der Waals surface area contributed by atoms with E-state index in [1.54, 1.807) is 11.3 Å². The number of imidazole rings is 1. The van der Waals surface area contributed by atoms with Crippen LogP contribution in [-0.2, 0) is 0 Å². The molecule has 1 aliphatic rings. The average Bonchev–Trinajstić information content (AvgIpc) is 3.34. The van der Waals surface area contributed by atoms with Crippen LogP contribution in [0.25, 0.3) is 15.3 Å². The summed E-state index contributed by atoms with van der Waals surface area (Å²) in [6, 6.07) is 9.83. The smallest absolute Gasteiger partial charge is 0.264 e. The minimum Gasteiger partial charge on any atom is -0.367 e. The maximum atomic E-state index is 12.9. The molecule has 3 aromatic heterocycles. The van der Waals surface area contributed by atoms with Crippen LogP contribution in [0, 0.1) is 0 Å². The van der Waals surface area contributed by atoms with Crippen LogP contribution >= 0.6 is 34.3 Å². The fourth-order valence-electron chi connectivity index (χ4n) is 3.37. The Bertz CT molecular complexity index is 1110. The zero-order valence-corrected chi connectivity index (χ0v) is 16.2. The molecule has 26 heavy (non-hydrogen) atoms. The standard InChI is InChI=1S/C18H15ClN4OS2/c19-12-3-1-2-4-13(12)21-5-7-22(8-6-21)17(24)15-11-14-16(26-15)20-18-23(14)9-10-25-18/h1-4,9-11H,5-8H2. The third-order valence-corrected chi connectivity index (χ3v) is 6.79. The van der Waals surface area contributed by atoms with Crippen LogP contribution in [0.15, 0.2) is 41.9 Å². The van der Waals surface area contributed by atoms with Crippen molar-refractivity contribution in [3.63, 3.8) is 0 Å². The van der Waals surface area contributed by atoms with Crippen molar-refractivity contribution in [3.8, 4) is 0 Å². The van der Waals surface area contributed by atoms with Gasteiger partial charge >= 0.3 is 0 Å². The Kier molecular flexibility index (Phi) is 3.88. The van der Waals surface area contributed by atoms with Crippen LogP contribution in [0.3, 0.4) is 0 Å². The normalized spacial score (nSPS) is 15.3. The molecule has 0 aliphatic carbocycles. The van der Waals surface area contributed by atoms with Crippen molar-refractivity contribution in [1.82, 2.24) is 14.3 Å². The first-order valence-electron chi connectivity index (χ1n) is 8.34. The molecule has 0 bridgehead atoms. The lowest BCUT2D eigenvalue weighted by molar-refractivity contribution is 0.0751. The molecule has 0 saturated carbocycles. The number of hydrogen-bond acceptors (Lipinski definition) is 5. The summed E-state index contributed by atoms with van der Waals surface area (Å²) in [5.74, 6) is 0.0933. The van der Waals surface area contributed by atoms with E-state index in [4.69, 9.17) is 11.6 Å². The van der Waals surface area contributed by atoms with Crippen LogP contribution in [0.1, 0.15) is 9.67 Å². The molecule has 1 aliphatic heterocycles. The Morgan fingerprint density at radius 3 is 2.77 bits per heavy atom. The van der Waals surface area contributed by atoms with Gasteiger partial charge in [0.15, 0.2) is 4.96 Å². The molecule has 132 valence electrons. The van der Waals surface area contributed by atoms with Gasteiger partial charge in [-0.15, -0.1) is 22.7 Å². The van der Waals surface area contributed by atoms with Crippen molar-refractivity contribution in [2.24, 2.45) is 0 Å². The van der Waals surface area contributed by atoms with Crippen molar-refractivity contribution in [3.05, 3.63) is 51.8 Å². The van der Waals surface area contributed by atoms with Crippen LogP contribution in [0.5, 0.6) is 0 Å². The molecule has 1 amide bonds. The quantitative estimate of drug-likeness (QED) is 0.504. The second-order valence-corrected chi connectivity index (χ2v) is 8.51. The molecular formula is C18H15ClN4OS2. The summed E-state index contributed by atoms with van der Waals surface area (Å²) >= 11 is 9.38.